The fourth-order valence-corrected chi connectivity index (χ4v) is 3.36. The number of nitrogens with zero attached hydrogens (tertiary/aromatic N) is 2. The van der Waals surface area contributed by atoms with Crippen molar-refractivity contribution in [3.05, 3.63) is 38.9 Å². The van der Waals surface area contributed by atoms with Gasteiger partial charge < -0.3 is 0 Å². The van der Waals surface area contributed by atoms with Gasteiger partial charge in [-0.3, -0.25) is 15.0 Å². The molecular weight excluding hydrogens is 288 g/mol. The van der Waals surface area contributed by atoms with E-state index in [1.165, 1.54) is 38.2 Å². The van der Waals surface area contributed by atoms with Gasteiger partial charge in [-0.1, -0.05) is 24.9 Å². The predicted molar refractivity (Wildman–Crippen MR) is 85.6 cm³/mol. The maximum atomic E-state index is 10.9. The summed E-state index contributed by atoms with van der Waals surface area (Å²) in [5, 5.41) is 11.5. The van der Waals surface area contributed by atoms with E-state index in [1.807, 2.05) is 0 Å². The normalized spacial score (nSPS) is 22.5. The standard InChI is InChI=1S/C16H23ClN2O2/c1-3-12-4-6-14(7-5-12)18(2)11-13-10-15(19(20)21)8-9-16(13)17/h8-10,12,14H,3-7,11H2,1-2H3. The van der Waals surface area contributed by atoms with Gasteiger partial charge in [0.1, 0.15) is 0 Å². The van der Waals surface area contributed by atoms with E-state index in [2.05, 4.69) is 18.9 Å². The molecule has 0 aromatic heterocycles. The monoisotopic (exact) mass is 310 g/mol. The number of non-ortho nitro benzene ring substituents is 1. The van der Waals surface area contributed by atoms with Gasteiger partial charge in [-0.25, -0.2) is 0 Å². The van der Waals surface area contributed by atoms with Gasteiger partial charge in [0, 0.05) is 29.7 Å². The Morgan fingerprint density at radius 3 is 2.57 bits per heavy atom. The molecular formula is C16H23ClN2O2. The van der Waals surface area contributed by atoms with Crippen LogP contribution in [0.4, 0.5) is 5.69 Å². The summed E-state index contributed by atoms with van der Waals surface area (Å²) >= 11 is 6.18. The fraction of sp³-hybridized carbons (Fsp3) is 0.625. The first kappa shape index (κ1) is 16.2. The van der Waals surface area contributed by atoms with Crippen LogP contribution in [0.1, 0.15) is 44.6 Å². The summed E-state index contributed by atoms with van der Waals surface area (Å²) in [6.45, 7) is 2.93. The molecule has 1 saturated carbocycles. The summed E-state index contributed by atoms with van der Waals surface area (Å²) in [5.41, 5.74) is 0.948. The minimum atomic E-state index is -0.369. The highest BCUT2D eigenvalue weighted by Gasteiger charge is 2.23. The smallest absolute Gasteiger partial charge is 0.269 e. The first-order valence-corrected chi connectivity index (χ1v) is 8.02. The number of benzene rings is 1. The van der Waals surface area contributed by atoms with Gasteiger partial charge in [-0.2, -0.15) is 0 Å². The molecule has 1 aromatic carbocycles. The van der Waals surface area contributed by atoms with Crippen molar-refractivity contribution < 1.29 is 4.92 Å². The zero-order valence-corrected chi connectivity index (χ0v) is 13.5. The van der Waals surface area contributed by atoms with E-state index in [0.29, 0.717) is 17.6 Å². The van der Waals surface area contributed by atoms with Crippen molar-refractivity contribution in [1.29, 1.82) is 0 Å². The van der Waals surface area contributed by atoms with Crippen LogP contribution in [0.25, 0.3) is 0 Å². The molecule has 0 saturated heterocycles. The maximum Gasteiger partial charge on any atom is 0.269 e. The fourth-order valence-electron chi connectivity index (χ4n) is 3.19. The van der Waals surface area contributed by atoms with E-state index in [9.17, 15) is 10.1 Å². The zero-order chi connectivity index (χ0) is 15.4. The number of nitro groups is 1. The van der Waals surface area contributed by atoms with E-state index < -0.39 is 0 Å². The lowest BCUT2D eigenvalue weighted by Crippen LogP contribution is -2.34. The van der Waals surface area contributed by atoms with Gasteiger partial charge in [0.05, 0.1) is 4.92 Å². The lowest BCUT2D eigenvalue weighted by atomic mass is 9.84. The molecule has 0 atom stereocenters. The van der Waals surface area contributed by atoms with Gasteiger partial charge in [0.25, 0.3) is 5.69 Å². The minimum Gasteiger partial charge on any atom is -0.299 e. The van der Waals surface area contributed by atoms with E-state index in [4.69, 9.17) is 11.6 Å². The quantitative estimate of drug-likeness (QED) is 0.587. The van der Waals surface area contributed by atoms with Crippen molar-refractivity contribution in [2.24, 2.45) is 5.92 Å². The molecule has 0 unspecified atom stereocenters. The third kappa shape index (κ3) is 4.17. The summed E-state index contributed by atoms with van der Waals surface area (Å²) < 4.78 is 0. The van der Waals surface area contributed by atoms with Crippen LogP contribution in [0.3, 0.4) is 0 Å². The average molecular weight is 311 g/mol. The maximum absolute atomic E-state index is 10.9. The van der Waals surface area contributed by atoms with Gasteiger partial charge >= 0.3 is 0 Å². The first-order valence-electron chi connectivity index (χ1n) is 7.64. The molecule has 5 heteroatoms. The zero-order valence-electron chi connectivity index (χ0n) is 12.7. The Morgan fingerprint density at radius 1 is 1.33 bits per heavy atom. The van der Waals surface area contributed by atoms with Crippen LogP contribution in [0, 0.1) is 16.0 Å². The molecule has 1 aliphatic rings. The van der Waals surface area contributed by atoms with Gasteiger partial charge in [-0.05, 0) is 50.3 Å². The van der Waals surface area contributed by atoms with E-state index in [0.717, 1.165) is 11.5 Å². The Hall–Kier alpha value is -1.13. The van der Waals surface area contributed by atoms with Gasteiger partial charge in [0.15, 0.2) is 0 Å². The Labute approximate surface area is 131 Å². The molecule has 0 spiro atoms. The van der Waals surface area contributed by atoms with E-state index in [1.54, 1.807) is 12.1 Å². The number of nitro benzene ring substituents is 1. The summed E-state index contributed by atoms with van der Waals surface area (Å²) in [7, 11) is 2.09. The summed E-state index contributed by atoms with van der Waals surface area (Å²) in [4.78, 5) is 12.8. The Kier molecular flexibility index (Phi) is 5.59. The Morgan fingerprint density at radius 2 is 2.00 bits per heavy atom. The molecule has 21 heavy (non-hydrogen) atoms. The average Bonchev–Trinajstić information content (AvgIpc) is 2.49. The Bertz CT molecular complexity index is 499. The third-order valence-corrected chi connectivity index (χ3v) is 5.05. The number of hydrogen-bond donors (Lipinski definition) is 0. The van der Waals surface area contributed by atoms with Crippen LogP contribution in [-0.4, -0.2) is 22.9 Å². The molecule has 4 nitrogen and oxygen atoms in total. The SMILES string of the molecule is CCC1CCC(N(C)Cc2cc([N+](=O)[O-])ccc2Cl)CC1. The number of hydrogen-bond acceptors (Lipinski definition) is 3. The topological polar surface area (TPSA) is 46.4 Å². The van der Waals surface area contributed by atoms with Crippen molar-refractivity contribution in [2.45, 2.75) is 51.6 Å². The number of rotatable bonds is 5. The molecule has 2 rings (SSSR count). The van der Waals surface area contributed by atoms with Gasteiger partial charge in [-0.15, -0.1) is 0 Å². The molecule has 0 N–H and O–H groups in total. The van der Waals surface area contributed by atoms with Crippen LogP contribution < -0.4 is 0 Å². The molecule has 1 aromatic rings. The van der Waals surface area contributed by atoms with Crippen LogP contribution in [0.2, 0.25) is 5.02 Å². The second-order valence-electron chi connectivity index (χ2n) is 6.03. The van der Waals surface area contributed by atoms with Crippen molar-refractivity contribution in [3.63, 3.8) is 0 Å². The van der Waals surface area contributed by atoms with E-state index in [-0.39, 0.29) is 10.6 Å². The van der Waals surface area contributed by atoms with Crippen molar-refractivity contribution in [3.8, 4) is 0 Å². The lowest BCUT2D eigenvalue weighted by Gasteiger charge is -2.34. The van der Waals surface area contributed by atoms with Crippen molar-refractivity contribution >= 4 is 17.3 Å². The summed E-state index contributed by atoms with van der Waals surface area (Å²) in [6, 6.07) is 5.23. The molecule has 0 aliphatic heterocycles. The second-order valence-corrected chi connectivity index (χ2v) is 6.44. The highest BCUT2D eigenvalue weighted by atomic mass is 35.5. The lowest BCUT2D eigenvalue weighted by molar-refractivity contribution is -0.384. The minimum absolute atomic E-state index is 0.109. The molecule has 0 amide bonds. The van der Waals surface area contributed by atoms with Crippen molar-refractivity contribution in [1.82, 2.24) is 4.90 Å². The molecule has 1 aliphatic carbocycles. The van der Waals surface area contributed by atoms with Gasteiger partial charge in [0.2, 0.25) is 0 Å². The first-order chi connectivity index (χ1) is 10.0. The van der Waals surface area contributed by atoms with Crippen molar-refractivity contribution in [2.75, 3.05) is 7.05 Å². The molecule has 116 valence electrons. The largest absolute Gasteiger partial charge is 0.299 e. The number of halogens is 1. The van der Waals surface area contributed by atoms with Crippen LogP contribution >= 0.6 is 11.6 Å². The molecule has 1 fully saturated rings. The molecule has 0 bridgehead atoms. The van der Waals surface area contributed by atoms with Crippen LogP contribution in [-0.2, 0) is 6.54 Å². The highest BCUT2D eigenvalue weighted by molar-refractivity contribution is 6.31. The third-order valence-electron chi connectivity index (χ3n) is 4.68. The predicted octanol–water partition coefficient (Wildman–Crippen LogP) is 4.65. The van der Waals surface area contributed by atoms with E-state index >= 15 is 0 Å². The van der Waals surface area contributed by atoms with Crippen LogP contribution in [0.5, 0.6) is 0 Å². The molecule has 0 heterocycles. The summed E-state index contributed by atoms with van der Waals surface area (Å²) in [6.07, 6.45) is 6.26. The summed E-state index contributed by atoms with van der Waals surface area (Å²) in [5.74, 6) is 0.871. The second kappa shape index (κ2) is 7.23. The highest BCUT2D eigenvalue weighted by Crippen LogP contribution is 2.30. The molecule has 0 radical (unpaired) electrons. The Balaban J connectivity index is 2.01. The van der Waals surface area contributed by atoms with Crippen LogP contribution in [0.15, 0.2) is 18.2 Å².